The van der Waals surface area contributed by atoms with E-state index >= 15 is 0 Å². The van der Waals surface area contributed by atoms with Crippen LogP contribution in [0.5, 0.6) is 0 Å². The Labute approximate surface area is 123 Å². The number of hydrogen-bond acceptors (Lipinski definition) is 3. The van der Waals surface area contributed by atoms with Crippen molar-refractivity contribution in [2.75, 3.05) is 11.4 Å². The number of nitrogens with two attached hydrogens (primary N) is 1. The van der Waals surface area contributed by atoms with Crippen LogP contribution in [0.1, 0.15) is 37.0 Å². The summed E-state index contributed by atoms with van der Waals surface area (Å²) < 4.78 is 0. The maximum absolute atomic E-state index is 11.4. The van der Waals surface area contributed by atoms with Gasteiger partial charge in [0.1, 0.15) is 0 Å². The molecule has 4 nitrogen and oxygen atoms in total. The molecule has 0 saturated carbocycles. The van der Waals surface area contributed by atoms with Gasteiger partial charge < -0.3 is 10.6 Å². The van der Waals surface area contributed by atoms with E-state index in [2.05, 4.69) is 11.8 Å². The number of carbonyl (C=O) groups is 2. The zero-order valence-electron chi connectivity index (χ0n) is 11.7. The second-order valence-corrected chi connectivity index (χ2v) is 5.81. The van der Waals surface area contributed by atoms with Crippen molar-refractivity contribution in [1.82, 2.24) is 0 Å². The number of amides is 1. The fraction of sp³-hybridized carbons (Fsp3) is 0.467. The van der Waals surface area contributed by atoms with E-state index < -0.39 is 0 Å². The molecule has 1 aromatic carbocycles. The number of halogens is 1. The van der Waals surface area contributed by atoms with Crippen LogP contribution in [0.25, 0.3) is 0 Å². The highest BCUT2D eigenvalue weighted by atomic mass is 35.5. The van der Waals surface area contributed by atoms with Crippen molar-refractivity contribution in [1.29, 1.82) is 0 Å². The van der Waals surface area contributed by atoms with Crippen molar-refractivity contribution >= 4 is 29.0 Å². The molecule has 5 heteroatoms. The summed E-state index contributed by atoms with van der Waals surface area (Å²) in [6, 6.07) is 5.73. The Morgan fingerprint density at radius 2 is 2.05 bits per heavy atom. The lowest BCUT2D eigenvalue weighted by atomic mass is 9.92. The van der Waals surface area contributed by atoms with Gasteiger partial charge >= 0.3 is 0 Å². The smallest absolute Gasteiger partial charge is 0.222 e. The van der Waals surface area contributed by atoms with E-state index in [0.29, 0.717) is 23.2 Å². The normalized spacial score (nSPS) is 22.6. The maximum atomic E-state index is 11.4. The number of anilines is 1. The molecule has 0 aliphatic carbocycles. The predicted octanol–water partition coefficient (Wildman–Crippen LogP) is 2.63. The minimum absolute atomic E-state index is 0.0525. The van der Waals surface area contributed by atoms with Crippen molar-refractivity contribution in [3.63, 3.8) is 0 Å². The maximum Gasteiger partial charge on any atom is 0.222 e. The van der Waals surface area contributed by atoms with Gasteiger partial charge in [-0.15, -0.1) is 0 Å². The van der Waals surface area contributed by atoms with Gasteiger partial charge in [0.25, 0.3) is 0 Å². The number of primary amides is 1. The third-order valence-electron chi connectivity index (χ3n) is 3.95. The molecule has 0 aromatic heterocycles. The average molecular weight is 295 g/mol. The van der Waals surface area contributed by atoms with E-state index in [4.69, 9.17) is 17.3 Å². The first-order valence-electron chi connectivity index (χ1n) is 6.76. The van der Waals surface area contributed by atoms with Crippen LogP contribution in [0.2, 0.25) is 5.02 Å². The van der Waals surface area contributed by atoms with Crippen LogP contribution < -0.4 is 10.6 Å². The summed E-state index contributed by atoms with van der Waals surface area (Å²) >= 11 is 6.15. The molecule has 2 unspecified atom stereocenters. The second kappa shape index (κ2) is 5.83. The molecule has 1 aliphatic rings. The van der Waals surface area contributed by atoms with Gasteiger partial charge in [-0.1, -0.05) is 11.6 Å². The Kier molecular flexibility index (Phi) is 4.33. The van der Waals surface area contributed by atoms with E-state index in [0.717, 1.165) is 18.5 Å². The fourth-order valence-corrected chi connectivity index (χ4v) is 2.98. The highest BCUT2D eigenvalue weighted by molar-refractivity contribution is 6.34. The number of carbonyl (C=O) groups excluding carboxylic acids is 2. The standard InChI is InChI=1S/C15H19ClN2O2/c1-9-3-4-11(15(17)20)8-18(9)12-5-6-13(10(2)19)14(16)7-12/h5-7,9,11H,3-4,8H2,1-2H3,(H2,17,20). The molecule has 2 rings (SSSR count). The Hall–Kier alpha value is -1.55. The van der Waals surface area contributed by atoms with Crippen molar-refractivity contribution in [3.8, 4) is 0 Å². The summed E-state index contributed by atoms with van der Waals surface area (Å²) in [6.07, 6.45) is 1.74. The largest absolute Gasteiger partial charge is 0.369 e. The number of ketones is 1. The highest BCUT2D eigenvalue weighted by Crippen LogP contribution is 2.30. The highest BCUT2D eigenvalue weighted by Gasteiger charge is 2.29. The van der Waals surface area contributed by atoms with Crippen LogP contribution in [-0.2, 0) is 4.79 Å². The van der Waals surface area contributed by atoms with Gasteiger partial charge in [-0.2, -0.15) is 0 Å². The van der Waals surface area contributed by atoms with E-state index in [1.807, 2.05) is 6.07 Å². The molecule has 0 radical (unpaired) electrons. The van der Waals surface area contributed by atoms with Crippen molar-refractivity contribution in [3.05, 3.63) is 28.8 Å². The Balaban J connectivity index is 2.27. The number of rotatable bonds is 3. The first-order valence-corrected chi connectivity index (χ1v) is 7.14. The molecule has 1 amide bonds. The zero-order chi connectivity index (χ0) is 14.9. The third-order valence-corrected chi connectivity index (χ3v) is 4.26. The summed E-state index contributed by atoms with van der Waals surface area (Å²) in [5.74, 6) is -0.436. The molecule has 2 atom stereocenters. The molecule has 108 valence electrons. The molecular formula is C15H19ClN2O2. The van der Waals surface area contributed by atoms with Gasteiger partial charge in [-0.05, 0) is 44.9 Å². The Morgan fingerprint density at radius 3 is 2.60 bits per heavy atom. The minimum Gasteiger partial charge on any atom is -0.369 e. The lowest BCUT2D eigenvalue weighted by Gasteiger charge is -2.38. The second-order valence-electron chi connectivity index (χ2n) is 5.40. The van der Waals surface area contributed by atoms with Gasteiger partial charge in [0.05, 0.1) is 10.9 Å². The van der Waals surface area contributed by atoms with Crippen LogP contribution in [0.3, 0.4) is 0 Å². The van der Waals surface area contributed by atoms with Crippen molar-refractivity contribution in [2.45, 2.75) is 32.7 Å². The first-order chi connectivity index (χ1) is 9.40. The van der Waals surface area contributed by atoms with Crippen LogP contribution in [0, 0.1) is 5.92 Å². The molecular weight excluding hydrogens is 276 g/mol. The van der Waals surface area contributed by atoms with E-state index in [9.17, 15) is 9.59 Å². The van der Waals surface area contributed by atoms with Gasteiger partial charge in [0.2, 0.25) is 5.91 Å². The number of benzene rings is 1. The van der Waals surface area contributed by atoms with Gasteiger partial charge in [0.15, 0.2) is 5.78 Å². The van der Waals surface area contributed by atoms with Crippen LogP contribution in [0.15, 0.2) is 18.2 Å². The molecule has 0 spiro atoms. The predicted molar refractivity (Wildman–Crippen MR) is 80.2 cm³/mol. The quantitative estimate of drug-likeness (QED) is 0.872. The Bertz CT molecular complexity index is 545. The summed E-state index contributed by atoms with van der Waals surface area (Å²) in [5, 5.41) is 0.448. The molecule has 1 saturated heterocycles. The number of piperidine rings is 1. The topological polar surface area (TPSA) is 63.4 Å². The molecule has 0 bridgehead atoms. The number of nitrogens with zero attached hydrogens (tertiary/aromatic N) is 1. The lowest BCUT2D eigenvalue weighted by molar-refractivity contribution is -0.122. The van der Waals surface area contributed by atoms with Crippen LogP contribution in [0.4, 0.5) is 5.69 Å². The Morgan fingerprint density at radius 1 is 1.35 bits per heavy atom. The van der Waals surface area contributed by atoms with Gasteiger partial charge in [0, 0.05) is 23.8 Å². The summed E-state index contributed by atoms with van der Waals surface area (Å²) in [7, 11) is 0. The van der Waals surface area contributed by atoms with Gasteiger partial charge in [-0.3, -0.25) is 9.59 Å². The third kappa shape index (κ3) is 2.96. The van der Waals surface area contributed by atoms with E-state index in [1.54, 1.807) is 12.1 Å². The molecule has 1 heterocycles. The number of Topliss-reactive ketones (excluding diaryl/α,β-unsaturated/α-hetero) is 1. The molecule has 20 heavy (non-hydrogen) atoms. The average Bonchev–Trinajstić information content (AvgIpc) is 2.38. The van der Waals surface area contributed by atoms with Crippen LogP contribution >= 0.6 is 11.6 Å². The molecule has 1 aliphatic heterocycles. The van der Waals surface area contributed by atoms with Crippen LogP contribution in [-0.4, -0.2) is 24.3 Å². The SMILES string of the molecule is CC(=O)c1ccc(N2CC(C(N)=O)CCC2C)cc1Cl. The summed E-state index contributed by atoms with van der Waals surface area (Å²) in [4.78, 5) is 24.9. The first kappa shape index (κ1) is 14.9. The molecule has 2 N–H and O–H groups in total. The molecule has 1 aromatic rings. The summed E-state index contributed by atoms with van der Waals surface area (Å²) in [6.45, 7) is 4.21. The summed E-state index contributed by atoms with van der Waals surface area (Å²) in [5.41, 5.74) is 6.86. The molecule has 1 fully saturated rings. The van der Waals surface area contributed by atoms with Crippen molar-refractivity contribution in [2.24, 2.45) is 11.7 Å². The minimum atomic E-state index is -0.256. The van der Waals surface area contributed by atoms with E-state index in [1.165, 1.54) is 6.92 Å². The van der Waals surface area contributed by atoms with Crippen molar-refractivity contribution < 1.29 is 9.59 Å². The lowest BCUT2D eigenvalue weighted by Crippen LogP contribution is -2.45. The van der Waals surface area contributed by atoms with Gasteiger partial charge in [-0.25, -0.2) is 0 Å². The zero-order valence-corrected chi connectivity index (χ0v) is 12.5. The monoisotopic (exact) mass is 294 g/mol. The fourth-order valence-electron chi connectivity index (χ4n) is 2.67. The number of hydrogen-bond donors (Lipinski definition) is 1. The van der Waals surface area contributed by atoms with E-state index in [-0.39, 0.29) is 17.6 Å².